The highest BCUT2D eigenvalue weighted by molar-refractivity contribution is 5.66. The van der Waals surface area contributed by atoms with Gasteiger partial charge in [-0.3, -0.25) is 14.8 Å². The Hall–Kier alpha value is -3.07. The van der Waals surface area contributed by atoms with E-state index in [0.717, 1.165) is 18.1 Å². The van der Waals surface area contributed by atoms with Gasteiger partial charge in [-0.15, -0.1) is 0 Å². The van der Waals surface area contributed by atoms with E-state index in [1.807, 2.05) is 60.7 Å². The summed E-state index contributed by atoms with van der Waals surface area (Å²) >= 11 is 0. The number of aliphatic imine (C=N–C) groups is 2. The van der Waals surface area contributed by atoms with Crippen LogP contribution in [0.4, 0.5) is 0 Å². The Morgan fingerprint density at radius 3 is 2.05 bits per heavy atom. The van der Waals surface area contributed by atoms with E-state index in [-0.39, 0.29) is 6.54 Å². The summed E-state index contributed by atoms with van der Waals surface area (Å²) in [5, 5.41) is 51.3. The molecule has 5 N–H and O–H groups in total. The standard InChI is InChI=1S/C28H36N2O10/c1-18(33)37-27-25(35)23(17-32)40-28(26(27)36)39-21(14-29-12-19-8-4-2-5-9-19)22(16-31)38-24(34)15-30-13-20-10-6-3-7-11-20/h2-11,14-15,21-28,31-32,34-36H,12-13,16-17H2,1H3. The molecule has 2 aromatic carbocycles. The zero-order chi connectivity index (χ0) is 28.9. The molecule has 8 unspecified atom stereocenters. The molecule has 0 saturated carbocycles. The Morgan fingerprint density at radius 1 is 0.950 bits per heavy atom. The summed E-state index contributed by atoms with van der Waals surface area (Å²) in [4.78, 5) is 20.1. The lowest BCUT2D eigenvalue weighted by molar-refractivity contribution is -0.315. The van der Waals surface area contributed by atoms with Crippen LogP contribution in [-0.4, -0.2) is 106 Å². The van der Waals surface area contributed by atoms with Gasteiger partial charge in [-0.25, -0.2) is 0 Å². The molecule has 0 radical (unpaired) electrons. The number of hydrogen-bond donors (Lipinski definition) is 5. The van der Waals surface area contributed by atoms with Gasteiger partial charge in [0.25, 0.3) is 0 Å². The Balaban J connectivity index is 1.76. The molecule has 0 bridgehead atoms. The minimum Gasteiger partial charge on any atom is -0.457 e. The molecule has 1 aliphatic rings. The Bertz CT molecular complexity index is 1070. The average molecular weight is 561 g/mol. The number of carbonyl (C=O) groups excluding carboxylic acids is 1. The first kappa shape index (κ1) is 31.5. The molecule has 1 saturated heterocycles. The first-order chi connectivity index (χ1) is 19.3. The largest absolute Gasteiger partial charge is 0.457 e. The summed E-state index contributed by atoms with van der Waals surface area (Å²) in [5.74, 6) is -0.768. The van der Waals surface area contributed by atoms with Gasteiger partial charge in [-0.2, -0.15) is 0 Å². The van der Waals surface area contributed by atoms with E-state index in [1.54, 1.807) is 0 Å². The van der Waals surface area contributed by atoms with Crippen LogP contribution in [-0.2, 0) is 36.8 Å². The van der Waals surface area contributed by atoms with Crippen molar-refractivity contribution >= 4 is 18.4 Å². The van der Waals surface area contributed by atoms with Gasteiger partial charge in [0.1, 0.15) is 30.5 Å². The minimum absolute atomic E-state index is 0.252. The second kappa shape index (κ2) is 16.3. The summed E-state index contributed by atoms with van der Waals surface area (Å²) in [6.07, 6.45) is -8.84. The van der Waals surface area contributed by atoms with E-state index in [4.69, 9.17) is 18.9 Å². The lowest BCUT2D eigenvalue weighted by Gasteiger charge is -2.42. The average Bonchev–Trinajstić information content (AvgIpc) is 2.95. The monoisotopic (exact) mass is 560 g/mol. The predicted molar refractivity (Wildman–Crippen MR) is 143 cm³/mol. The molecule has 12 heteroatoms. The second-order valence-corrected chi connectivity index (χ2v) is 9.08. The molecule has 8 atom stereocenters. The van der Waals surface area contributed by atoms with Crippen LogP contribution in [0, 0.1) is 0 Å². The highest BCUT2D eigenvalue weighted by atomic mass is 16.7. The van der Waals surface area contributed by atoms with Crippen LogP contribution < -0.4 is 0 Å². The van der Waals surface area contributed by atoms with Crippen molar-refractivity contribution in [2.24, 2.45) is 9.98 Å². The topological polar surface area (TPSA) is 180 Å². The number of carbonyl (C=O) groups is 1. The fourth-order valence-electron chi connectivity index (χ4n) is 3.99. The van der Waals surface area contributed by atoms with E-state index >= 15 is 0 Å². The number of benzene rings is 2. The van der Waals surface area contributed by atoms with Crippen molar-refractivity contribution in [3.63, 3.8) is 0 Å². The number of ether oxygens (including phenoxy) is 4. The molecule has 1 heterocycles. The number of aliphatic hydroxyl groups excluding tert-OH is 5. The summed E-state index contributed by atoms with van der Waals surface area (Å²) < 4.78 is 22.0. The molecule has 0 spiro atoms. The Morgan fingerprint density at radius 2 is 1.52 bits per heavy atom. The lowest BCUT2D eigenvalue weighted by atomic mass is 9.99. The third kappa shape index (κ3) is 9.54. The molecule has 3 rings (SSSR count). The van der Waals surface area contributed by atoms with E-state index in [0.29, 0.717) is 6.54 Å². The maximum atomic E-state index is 11.6. The number of aliphatic hydroxyl groups is 5. The molecular formula is C28H36N2O10. The van der Waals surface area contributed by atoms with E-state index in [1.165, 1.54) is 12.4 Å². The number of esters is 1. The molecular weight excluding hydrogens is 524 g/mol. The second-order valence-electron chi connectivity index (χ2n) is 9.08. The number of nitrogens with zero attached hydrogens (tertiary/aromatic N) is 2. The van der Waals surface area contributed by atoms with Crippen molar-refractivity contribution < 1.29 is 49.3 Å². The van der Waals surface area contributed by atoms with Crippen LogP contribution in [0.15, 0.2) is 70.6 Å². The molecule has 1 aliphatic heterocycles. The van der Waals surface area contributed by atoms with E-state index < -0.39 is 68.4 Å². The normalized spacial score (nSPS) is 25.6. The highest BCUT2D eigenvalue weighted by Gasteiger charge is 2.48. The van der Waals surface area contributed by atoms with Crippen LogP contribution in [0.2, 0.25) is 0 Å². The van der Waals surface area contributed by atoms with Crippen molar-refractivity contribution in [2.75, 3.05) is 13.2 Å². The highest BCUT2D eigenvalue weighted by Crippen LogP contribution is 2.26. The maximum Gasteiger partial charge on any atom is 0.303 e. The van der Waals surface area contributed by atoms with Crippen molar-refractivity contribution in [3.05, 3.63) is 71.8 Å². The molecule has 0 aliphatic carbocycles. The van der Waals surface area contributed by atoms with Crippen molar-refractivity contribution in [2.45, 2.75) is 69.2 Å². The summed E-state index contributed by atoms with van der Waals surface area (Å²) in [6.45, 7) is 0.368. The molecule has 0 amide bonds. The molecule has 2 aromatic rings. The van der Waals surface area contributed by atoms with Gasteiger partial charge in [0, 0.05) is 13.1 Å². The fraction of sp³-hybridized carbons (Fsp3) is 0.464. The zero-order valence-corrected chi connectivity index (χ0v) is 22.0. The van der Waals surface area contributed by atoms with Crippen LogP contribution in [0.3, 0.4) is 0 Å². The zero-order valence-electron chi connectivity index (χ0n) is 22.0. The Kier molecular flexibility index (Phi) is 12.8. The van der Waals surface area contributed by atoms with E-state index in [2.05, 4.69) is 9.98 Å². The lowest BCUT2D eigenvalue weighted by Crippen LogP contribution is -2.61. The molecule has 0 aromatic heterocycles. The molecule has 1 fully saturated rings. The predicted octanol–water partition coefficient (Wildman–Crippen LogP) is -0.0198. The van der Waals surface area contributed by atoms with Gasteiger partial charge in [0.15, 0.2) is 18.7 Å². The smallest absolute Gasteiger partial charge is 0.303 e. The molecule has 12 nitrogen and oxygen atoms in total. The van der Waals surface area contributed by atoms with E-state index in [9.17, 15) is 30.3 Å². The molecule has 218 valence electrons. The van der Waals surface area contributed by atoms with Gasteiger partial charge in [-0.05, 0) is 11.1 Å². The van der Waals surface area contributed by atoms with Crippen molar-refractivity contribution in [1.29, 1.82) is 0 Å². The first-order valence-corrected chi connectivity index (χ1v) is 12.8. The fourth-order valence-corrected chi connectivity index (χ4v) is 3.99. The van der Waals surface area contributed by atoms with Gasteiger partial charge in [-0.1, -0.05) is 60.7 Å². The van der Waals surface area contributed by atoms with Gasteiger partial charge >= 0.3 is 5.97 Å². The van der Waals surface area contributed by atoms with Crippen LogP contribution in [0.1, 0.15) is 18.1 Å². The van der Waals surface area contributed by atoms with Crippen LogP contribution in [0.25, 0.3) is 0 Å². The van der Waals surface area contributed by atoms with Gasteiger partial charge < -0.3 is 44.5 Å². The number of rotatable bonds is 14. The minimum atomic E-state index is -1.66. The third-order valence-electron chi connectivity index (χ3n) is 5.99. The summed E-state index contributed by atoms with van der Waals surface area (Å²) in [6, 6.07) is 18.7. The van der Waals surface area contributed by atoms with Gasteiger partial charge in [0.05, 0.1) is 32.5 Å². The van der Waals surface area contributed by atoms with Crippen LogP contribution >= 0.6 is 0 Å². The van der Waals surface area contributed by atoms with Crippen molar-refractivity contribution in [3.8, 4) is 0 Å². The summed E-state index contributed by atoms with van der Waals surface area (Å²) in [7, 11) is 0. The number of hydrogen-bond acceptors (Lipinski definition) is 12. The third-order valence-corrected chi connectivity index (χ3v) is 5.99. The Labute approximate surface area is 232 Å². The maximum absolute atomic E-state index is 11.6. The summed E-state index contributed by atoms with van der Waals surface area (Å²) in [5.41, 5.74) is 1.81. The van der Waals surface area contributed by atoms with Crippen LogP contribution in [0.5, 0.6) is 0 Å². The quantitative estimate of drug-likeness (QED) is 0.120. The molecule has 40 heavy (non-hydrogen) atoms. The van der Waals surface area contributed by atoms with Crippen molar-refractivity contribution in [1.82, 2.24) is 0 Å². The first-order valence-electron chi connectivity index (χ1n) is 12.8. The SMILES string of the molecule is CC(=O)OC1C(O)C(CO)OC(OC(C=NCc2ccccc2)C(CO)OC(O)C=NCc2ccccc2)C1O. The van der Waals surface area contributed by atoms with Gasteiger partial charge in [0.2, 0.25) is 0 Å².